The van der Waals surface area contributed by atoms with E-state index < -0.39 is 72.1 Å². The number of carbonyl (C=O) groups excluding carboxylic acids is 6. The van der Waals surface area contributed by atoms with Gasteiger partial charge in [0, 0.05) is 19.3 Å². The molecule has 15 heteroatoms. The van der Waals surface area contributed by atoms with Crippen molar-refractivity contribution >= 4 is 41.4 Å². The summed E-state index contributed by atoms with van der Waals surface area (Å²) >= 11 is 0. The molecule has 1 aromatic carbocycles. The molecule has 0 heterocycles. The zero-order chi connectivity index (χ0) is 31.8. The van der Waals surface area contributed by atoms with Crippen molar-refractivity contribution in [2.24, 2.45) is 23.1 Å². The van der Waals surface area contributed by atoms with Crippen molar-refractivity contribution in [3.63, 3.8) is 0 Å². The summed E-state index contributed by atoms with van der Waals surface area (Å²) in [5, 5.41) is 18.8. The fourth-order valence-corrected chi connectivity index (χ4v) is 3.86. The predicted octanol–water partition coefficient (Wildman–Crippen LogP) is -2.21. The second-order valence-electron chi connectivity index (χ2n) is 10.2. The molecule has 0 radical (unpaired) electrons. The van der Waals surface area contributed by atoms with Crippen molar-refractivity contribution in [1.82, 2.24) is 21.3 Å². The van der Waals surface area contributed by atoms with Gasteiger partial charge in [-0.3, -0.25) is 33.6 Å². The number of primary amides is 2. The van der Waals surface area contributed by atoms with Gasteiger partial charge in [0.15, 0.2) is 0 Å². The molecular weight excluding hydrogens is 550 g/mol. The molecular formula is C27H41N7O8. The van der Waals surface area contributed by atoms with Crippen LogP contribution in [0.3, 0.4) is 0 Å². The van der Waals surface area contributed by atoms with Gasteiger partial charge in [-0.25, -0.2) is 0 Å². The molecule has 11 N–H and O–H groups in total. The first-order valence-corrected chi connectivity index (χ1v) is 13.5. The Morgan fingerprint density at radius 3 is 1.81 bits per heavy atom. The number of hydrogen-bond acceptors (Lipinski definition) is 8. The Labute approximate surface area is 243 Å². The van der Waals surface area contributed by atoms with Crippen LogP contribution in [0.15, 0.2) is 30.3 Å². The maximum Gasteiger partial charge on any atom is 0.322 e. The molecule has 232 valence electrons. The number of rotatable bonds is 19. The molecule has 0 spiro atoms. The summed E-state index contributed by atoms with van der Waals surface area (Å²) in [7, 11) is 0. The molecule has 15 nitrogen and oxygen atoms in total. The fraction of sp³-hybridized carbons (Fsp3) is 0.519. The SMILES string of the molecule is CC(C)C[C@H](NC(=O)[C@H](CCC(N)=O)NC(=O)[C@@H](N)CCC(N)=O)C(=O)N[C@@H](Cc1ccccc1)C(=O)NCC(=O)O. The normalized spacial score (nSPS) is 13.6. The van der Waals surface area contributed by atoms with Gasteiger partial charge in [-0.1, -0.05) is 44.2 Å². The van der Waals surface area contributed by atoms with E-state index in [4.69, 9.17) is 22.3 Å². The van der Waals surface area contributed by atoms with Gasteiger partial charge in [0.1, 0.15) is 24.7 Å². The van der Waals surface area contributed by atoms with Crippen LogP contribution in [0, 0.1) is 5.92 Å². The Morgan fingerprint density at radius 1 is 0.738 bits per heavy atom. The molecule has 1 rings (SSSR count). The number of benzene rings is 1. The summed E-state index contributed by atoms with van der Waals surface area (Å²) < 4.78 is 0. The molecule has 6 amide bonds. The number of carboxylic acid groups (broad SMARTS) is 1. The number of carbonyl (C=O) groups is 7. The number of nitrogens with two attached hydrogens (primary N) is 3. The minimum Gasteiger partial charge on any atom is -0.480 e. The summed E-state index contributed by atoms with van der Waals surface area (Å²) in [6.45, 7) is 2.95. The summed E-state index contributed by atoms with van der Waals surface area (Å²) in [6.07, 6.45) is -0.510. The quantitative estimate of drug-likeness (QED) is 0.0865. The second-order valence-corrected chi connectivity index (χ2v) is 10.2. The van der Waals surface area contributed by atoms with Crippen molar-refractivity contribution in [1.29, 1.82) is 0 Å². The maximum absolute atomic E-state index is 13.4. The lowest BCUT2D eigenvalue weighted by Crippen LogP contribution is -2.58. The third-order valence-electron chi connectivity index (χ3n) is 6.02. The highest BCUT2D eigenvalue weighted by Crippen LogP contribution is 2.10. The topological polar surface area (TPSA) is 266 Å². The number of hydrogen-bond donors (Lipinski definition) is 8. The van der Waals surface area contributed by atoms with E-state index in [1.807, 2.05) is 0 Å². The molecule has 0 aliphatic rings. The van der Waals surface area contributed by atoms with Gasteiger partial charge in [0.25, 0.3) is 0 Å². The monoisotopic (exact) mass is 591 g/mol. The van der Waals surface area contributed by atoms with Gasteiger partial charge in [0.05, 0.1) is 6.04 Å². The Hall–Kier alpha value is -4.53. The number of aliphatic carboxylic acids is 1. The Balaban J connectivity index is 3.13. The van der Waals surface area contributed by atoms with E-state index in [1.54, 1.807) is 44.2 Å². The van der Waals surface area contributed by atoms with Crippen LogP contribution in [-0.2, 0) is 40.0 Å². The maximum atomic E-state index is 13.4. The van der Waals surface area contributed by atoms with Crippen molar-refractivity contribution in [2.75, 3.05) is 6.54 Å². The molecule has 0 saturated carbocycles. The van der Waals surface area contributed by atoms with Crippen molar-refractivity contribution in [2.45, 2.75) is 76.5 Å². The highest BCUT2D eigenvalue weighted by Gasteiger charge is 2.31. The Kier molecular flexibility index (Phi) is 15.2. The van der Waals surface area contributed by atoms with Crippen molar-refractivity contribution < 1.29 is 38.7 Å². The van der Waals surface area contributed by atoms with E-state index in [1.165, 1.54) is 0 Å². The number of amides is 6. The van der Waals surface area contributed by atoms with Crippen LogP contribution in [0.4, 0.5) is 0 Å². The van der Waals surface area contributed by atoms with Crippen molar-refractivity contribution in [3.8, 4) is 0 Å². The molecule has 0 saturated heterocycles. The van der Waals surface area contributed by atoms with Gasteiger partial charge in [0.2, 0.25) is 35.4 Å². The van der Waals surface area contributed by atoms with E-state index in [-0.39, 0.29) is 44.4 Å². The molecule has 0 bridgehead atoms. The highest BCUT2D eigenvalue weighted by atomic mass is 16.4. The molecule has 0 unspecified atom stereocenters. The lowest BCUT2D eigenvalue weighted by atomic mass is 10.00. The Morgan fingerprint density at radius 2 is 1.26 bits per heavy atom. The molecule has 4 atom stereocenters. The van der Waals surface area contributed by atoms with E-state index in [0.29, 0.717) is 5.56 Å². The van der Waals surface area contributed by atoms with Crippen LogP contribution in [0.5, 0.6) is 0 Å². The van der Waals surface area contributed by atoms with Crippen LogP contribution < -0.4 is 38.5 Å². The lowest BCUT2D eigenvalue weighted by Gasteiger charge is -2.26. The highest BCUT2D eigenvalue weighted by molar-refractivity contribution is 5.95. The minimum atomic E-state index is -1.30. The third-order valence-corrected chi connectivity index (χ3v) is 6.02. The summed E-state index contributed by atoms with van der Waals surface area (Å²) in [4.78, 5) is 85.4. The van der Waals surface area contributed by atoms with Gasteiger partial charge in [-0.15, -0.1) is 0 Å². The number of carboxylic acids is 1. The van der Waals surface area contributed by atoms with E-state index in [0.717, 1.165) is 0 Å². The molecule has 0 fully saturated rings. The van der Waals surface area contributed by atoms with Gasteiger partial charge in [-0.05, 0) is 30.7 Å². The smallest absolute Gasteiger partial charge is 0.322 e. The fourth-order valence-electron chi connectivity index (χ4n) is 3.86. The lowest BCUT2D eigenvalue weighted by molar-refractivity contribution is -0.138. The van der Waals surface area contributed by atoms with Crippen LogP contribution in [-0.4, -0.2) is 77.2 Å². The largest absolute Gasteiger partial charge is 0.480 e. The zero-order valence-corrected chi connectivity index (χ0v) is 23.8. The number of nitrogens with one attached hydrogen (secondary N) is 4. The molecule has 0 aliphatic heterocycles. The first-order valence-electron chi connectivity index (χ1n) is 13.5. The summed E-state index contributed by atoms with van der Waals surface area (Å²) in [5.41, 5.74) is 16.8. The average molecular weight is 592 g/mol. The van der Waals surface area contributed by atoms with Crippen molar-refractivity contribution in [3.05, 3.63) is 35.9 Å². The standard InChI is InChI=1S/C27H41N7O8/c1-15(2)12-19(27(42)34-20(25(40)31-14-23(37)38)13-16-6-4-3-5-7-16)33-26(41)18(9-11-22(30)36)32-24(39)17(28)8-10-21(29)35/h3-7,15,17-20H,8-14,28H2,1-2H3,(H2,29,35)(H2,30,36)(H,31,40)(H,32,39)(H,33,41)(H,34,42)(H,37,38)/t17-,18-,19-,20-/m0/s1. The predicted molar refractivity (Wildman–Crippen MR) is 151 cm³/mol. The summed E-state index contributed by atoms with van der Waals surface area (Å²) in [5.74, 6) is -5.79. The molecule has 1 aromatic rings. The zero-order valence-electron chi connectivity index (χ0n) is 23.8. The van der Waals surface area contributed by atoms with E-state index >= 15 is 0 Å². The molecule has 0 aromatic heterocycles. The third kappa shape index (κ3) is 14.2. The van der Waals surface area contributed by atoms with E-state index in [9.17, 15) is 33.6 Å². The van der Waals surface area contributed by atoms with Gasteiger partial charge >= 0.3 is 5.97 Å². The summed E-state index contributed by atoms with van der Waals surface area (Å²) in [6, 6.07) is 3.92. The van der Waals surface area contributed by atoms with Crippen LogP contribution in [0.25, 0.3) is 0 Å². The van der Waals surface area contributed by atoms with Crippen LogP contribution >= 0.6 is 0 Å². The molecule has 0 aliphatic carbocycles. The van der Waals surface area contributed by atoms with Crippen LogP contribution in [0.1, 0.15) is 51.5 Å². The minimum absolute atomic E-state index is 0.0425. The second kappa shape index (κ2) is 18.0. The first-order chi connectivity index (χ1) is 19.7. The Bertz CT molecular complexity index is 1110. The first kappa shape index (κ1) is 35.5. The average Bonchev–Trinajstić information content (AvgIpc) is 2.91. The van der Waals surface area contributed by atoms with Crippen LogP contribution in [0.2, 0.25) is 0 Å². The van der Waals surface area contributed by atoms with Gasteiger partial charge in [-0.2, -0.15) is 0 Å². The molecule has 42 heavy (non-hydrogen) atoms. The van der Waals surface area contributed by atoms with Gasteiger partial charge < -0.3 is 43.6 Å². The van der Waals surface area contributed by atoms with E-state index in [2.05, 4.69) is 21.3 Å².